The van der Waals surface area contributed by atoms with Gasteiger partial charge in [-0.15, -0.1) is 0 Å². The van der Waals surface area contributed by atoms with Gasteiger partial charge in [-0.2, -0.15) is 0 Å². The van der Waals surface area contributed by atoms with Crippen molar-refractivity contribution in [3.8, 4) is 17.0 Å². The number of hydrogen-bond donors (Lipinski definition) is 3. The van der Waals surface area contributed by atoms with Gasteiger partial charge < -0.3 is 29.5 Å². The van der Waals surface area contributed by atoms with Crippen LogP contribution in [0.1, 0.15) is 108 Å². The molecular weight excluding hydrogens is 903 g/mol. The van der Waals surface area contributed by atoms with Crippen molar-refractivity contribution < 1.29 is 33.8 Å². The van der Waals surface area contributed by atoms with Gasteiger partial charge in [0.2, 0.25) is 17.7 Å². The average molecular weight is 962 g/mol. The maximum atomic E-state index is 14.1. The lowest BCUT2D eigenvalue weighted by atomic mass is 9.90. The van der Waals surface area contributed by atoms with Crippen LogP contribution in [0.5, 0.6) is 5.88 Å². The summed E-state index contributed by atoms with van der Waals surface area (Å²) in [4.78, 5) is 89.2. The molecule has 3 N–H and O–H groups in total. The molecule has 5 aliphatic heterocycles. The molecule has 18 nitrogen and oxygen atoms in total. The van der Waals surface area contributed by atoms with Crippen LogP contribution in [0, 0.1) is 5.41 Å². The molecule has 4 aromatic heterocycles. The summed E-state index contributed by atoms with van der Waals surface area (Å²) in [6.07, 6.45) is 8.34. The molecule has 1 aromatic carbocycles. The van der Waals surface area contributed by atoms with Gasteiger partial charge in [0.15, 0.2) is 0 Å². The van der Waals surface area contributed by atoms with Crippen LogP contribution in [-0.2, 0) is 29.0 Å². The second-order valence-electron chi connectivity index (χ2n) is 20.6. The van der Waals surface area contributed by atoms with E-state index < -0.39 is 35.8 Å². The van der Waals surface area contributed by atoms with Gasteiger partial charge in [0.05, 0.1) is 36.2 Å². The van der Waals surface area contributed by atoms with E-state index in [9.17, 15) is 29.1 Å². The molecule has 368 valence electrons. The zero-order valence-corrected chi connectivity index (χ0v) is 40.8. The number of piperidine rings is 2. The third-order valence-corrected chi connectivity index (χ3v) is 15.4. The summed E-state index contributed by atoms with van der Waals surface area (Å²) in [6, 6.07) is 14.8. The zero-order valence-electron chi connectivity index (χ0n) is 40.8. The van der Waals surface area contributed by atoms with E-state index >= 15 is 0 Å². The topological polar surface area (TPSA) is 199 Å². The first-order valence-corrected chi connectivity index (χ1v) is 24.7. The molecular formula is C53H59N11O7. The fourth-order valence-corrected chi connectivity index (χ4v) is 11.9. The Bertz CT molecular complexity index is 3000. The number of carbonyl (C=O) groups excluding carboxylic acids is 5. The van der Waals surface area contributed by atoms with Crippen LogP contribution in [0.4, 0.5) is 28.7 Å². The Balaban J connectivity index is 0.724. The van der Waals surface area contributed by atoms with E-state index in [2.05, 4.69) is 66.7 Å². The lowest BCUT2D eigenvalue weighted by Crippen LogP contribution is -2.57. The number of aromatic nitrogens is 4. The van der Waals surface area contributed by atoms with Gasteiger partial charge in [-0.3, -0.25) is 44.0 Å². The minimum Gasteiger partial charge on any atom is -0.480 e. The van der Waals surface area contributed by atoms with Crippen LogP contribution in [-0.4, -0.2) is 128 Å². The monoisotopic (exact) mass is 961 g/mol. The number of imide groups is 2. The molecule has 9 heterocycles. The Labute approximate surface area is 412 Å². The van der Waals surface area contributed by atoms with Crippen LogP contribution in [0.25, 0.3) is 11.1 Å². The van der Waals surface area contributed by atoms with E-state index in [0.717, 1.165) is 74.7 Å². The lowest BCUT2D eigenvalue weighted by molar-refractivity contribution is -0.136. The Morgan fingerprint density at radius 1 is 0.817 bits per heavy atom. The van der Waals surface area contributed by atoms with Crippen molar-refractivity contribution >= 4 is 58.2 Å². The normalized spacial score (nSPS) is 21.9. The predicted octanol–water partition coefficient (Wildman–Crippen LogP) is 5.51. The molecule has 0 saturated carbocycles. The van der Waals surface area contributed by atoms with Crippen molar-refractivity contribution in [2.45, 2.75) is 97.0 Å². The van der Waals surface area contributed by atoms with Gasteiger partial charge in [0, 0.05) is 99.2 Å². The van der Waals surface area contributed by atoms with Gasteiger partial charge in [-0.05, 0) is 111 Å². The predicted molar refractivity (Wildman–Crippen MR) is 266 cm³/mol. The highest BCUT2D eigenvalue weighted by Gasteiger charge is 2.45. The van der Waals surface area contributed by atoms with Gasteiger partial charge in [-0.1, -0.05) is 13.8 Å². The molecule has 0 bridgehead atoms. The molecule has 3 saturated heterocycles. The summed E-state index contributed by atoms with van der Waals surface area (Å²) in [5, 5.41) is 17.0. The first-order valence-electron chi connectivity index (χ1n) is 24.7. The van der Waals surface area contributed by atoms with E-state index in [1.165, 1.54) is 11.3 Å². The minimum atomic E-state index is -0.988. The smallest absolute Gasteiger partial charge is 0.276 e. The van der Waals surface area contributed by atoms with Gasteiger partial charge in [0.1, 0.15) is 29.1 Å². The second-order valence-corrected chi connectivity index (χ2v) is 20.6. The molecule has 11 rings (SSSR count). The van der Waals surface area contributed by atoms with Crippen molar-refractivity contribution in [1.29, 1.82) is 0 Å². The Kier molecular flexibility index (Phi) is 11.7. The third-order valence-electron chi connectivity index (χ3n) is 15.4. The number of pyridine rings is 3. The Morgan fingerprint density at radius 2 is 1.61 bits per heavy atom. The summed E-state index contributed by atoms with van der Waals surface area (Å²) in [5.74, 6) is -0.695. The van der Waals surface area contributed by atoms with E-state index in [0.29, 0.717) is 70.3 Å². The fraction of sp³-hybridized carbons (Fsp3) is 0.434. The zero-order chi connectivity index (χ0) is 49.5. The number of benzene rings is 1. The molecule has 0 spiro atoms. The maximum absolute atomic E-state index is 14.1. The highest BCUT2D eigenvalue weighted by atomic mass is 16.5. The molecule has 3 atom stereocenters. The Hall–Kier alpha value is -7.18. The number of hydrogen-bond acceptors (Lipinski definition) is 14. The number of methoxy groups -OCH3 is 1. The summed E-state index contributed by atoms with van der Waals surface area (Å²) < 4.78 is 7.86. The average Bonchev–Trinajstić information content (AvgIpc) is 3.95. The summed E-state index contributed by atoms with van der Waals surface area (Å²) >= 11 is 0. The van der Waals surface area contributed by atoms with Crippen LogP contribution in [0.2, 0.25) is 0 Å². The first kappa shape index (κ1) is 46.2. The minimum absolute atomic E-state index is 0.0821. The number of fused-ring (bicyclic) bond motifs is 4. The van der Waals surface area contributed by atoms with Crippen molar-refractivity contribution in [3.63, 3.8) is 0 Å². The van der Waals surface area contributed by atoms with Gasteiger partial charge in [0.25, 0.3) is 17.7 Å². The summed E-state index contributed by atoms with van der Waals surface area (Å²) in [6.45, 7) is 13.8. The summed E-state index contributed by atoms with van der Waals surface area (Å²) in [5.41, 5.74) is 8.40. The number of nitrogens with zero attached hydrogens (tertiary/aromatic N) is 9. The van der Waals surface area contributed by atoms with E-state index in [4.69, 9.17) is 9.72 Å². The SMILES string of the molecule is COc1ncc(-c2ccnc(N3CCn4c(cc5c4CC(C)(C)C5)C3=O)c2C(C)O)cc1Nc1ccc(N2CCN(C3CCN(c4ccc5c(c4)C(=O)N(C4CCC(=O)NC4=O)C5=O)CC3)C[C@@H]2C)cn1. The standard InChI is InChI=1S/C53H59N11O7/c1-30-29-60(34-13-16-59(17-14-34)35-6-8-38-39(24-35)51(69)64(50(38)68)41-9-11-45(66)58-48(41)67)18-19-61(30)36-7-10-44(55-28-36)57-40-22-33(27-56-49(40)71-5)37-12-15-54-47(46(37)31(2)65)63-21-20-62-42(52(63)70)23-32-25-53(3,4)26-43(32)62/h6-8,10,12,15,22-24,27-28,30-31,34,41,65H,9,11,13-14,16-21,25-26,29H2,1-5H3,(H,55,57)(H,58,66,67)/t30-,31?,41?/m0/s1. The van der Waals surface area contributed by atoms with Crippen LogP contribution in [0.3, 0.4) is 0 Å². The van der Waals surface area contributed by atoms with Crippen LogP contribution < -0.4 is 30.1 Å². The van der Waals surface area contributed by atoms with Crippen molar-refractivity contribution in [2.75, 3.05) is 66.4 Å². The highest BCUT2D eigenvalue weighted by molar-refractivity contribution is 6.23. The molecule has 5 amide bonds. The third kappa shape index (κ3) is 8.25. The number of rotatable bonds is 10. The van der Waals surface area contributed by atoms with Crippen LogP contribution >= 0.6 is 0 Å². The van der Waals surface area contributed by atoms with Crippen molar-refractivity contribution in [1.82, 2.24) is 34.6 Å². The lowest BCUT2D eigenvalue weighted by Gasteiger charge is -2.46. The Morgan fingerprint density at radius 3 is 2.34 bits per heavy atom. The number of aliphatic hydroxyl groups excluding tert-OH is 1. The number of nitrogens with one attached hydrogen (secondary N) is 2. The number of piperazine rings is 1. The summed E-state index contributed by atoms with van der Waals surface area (Å²) in [7, 11) is 1.57. The molecule has 1 aliphatic carbocycles. The first-order chi connectivity index (χ1) is 34.2. The van der Waals surface area contributed by atoms with Crippen molar-refractivity contribution in [2.24, 2.45) is 5.41 Å². The quantitative estimate of drug-likeness (QED) is 0.148. The molecule has 2 unspecified atom stereocenters. The van der Waals surface area contributed by atoms with E-state index in [1.54, 1.807) is 43.5 Å². The van der Waals surface area contributed by atoms with E-state index in [-0.39, 0.29) is 35.8 Å². The molecule has 71 heavy (non-hydrogen) atoms. The van der Waals surface area contributed by atoms with Crippen molar-refractivity contribution in [3.05, 3.63) is 101 Å². The number of aliphatic hydroxyl groups is 1. The van der Waals surface area contributed by atoms with E-state index in [1.807, 2.05) is 36.5 Å². The number of anilines is 5. The number of carbonyl (C=O) groups is 5. The second kappa shape index (κ2) is 17.9. The fourth-order valence-electron chi connectivity index (χ4n) is 11.9. The van der Waals surface area contributed by atoms with Gasteiger partial charge in [-0.25, -0.2) is 15.0 Å². The largest absolute Gasteiger partial charge is 0.480 e. The number of ether oxygens (including phenoxy) is 1. The molecule has 3 fully saturated rings. The molecule has 6 aliphatic rings. The van der Waals surface area contributed by atoms with Crippen LogP contribution in [0.15, 0.2) is 67.1 Å². The highest BCUT2D eigenvalue weighted by Crippen LogP contribution is 2.42. The molecule has 5 aromatic rings. The molecule has 18 heteroatoms. The molecule has 0 radical (unpaired) electrons. The number of amides is 5. The van der Waals surface area contributed by atoms with Gasteiger partial charge >= 0.3 is 0 Å². The maximum Gasteiger partial charge on any atom is 0.276 e.